The summed E-state index contributed by atoms with van der Waals surface area (Å²) in [6.07, 6.45) is 16.8. The van der Waals surface area contributed by atoms with Crippen molar-refractivity contribution in [2.75, 3.05) is 0 Å². The molecule has 0 unspecified atom stereocenters. The SMILES string of the molecule is N#Cc1ccc2c(c1)-c1ccc(-c3nc(-c4ccc(C56CC7CC(CC(C7)C5)C6)cc4)nc(-c4ccc(C56CC7CC(CC(C7)C5)C6)cc4)n3)cc1C2(c1ccccc1)c1ccccc1. The molecule has 318 valence electrons. The average Bonchev–Trinajstić information content (AvgIpc) is 3.63. The molecule has 7 aromatic rings. The van der Waals surface area contributed by atoms with Crippen LogP contribution in [0.3, 0.4) is 0 Å². The summed E-state index contributed by atoms with van der Waals surface area (Å²) in [5.74, 6) is 7.52. The molecule has 0 N–H and O–H groups in total. The van der Waals surface area contributed by atoms with E-state index in [1.54, 1.807) is 0 Å². The molecule has 9 aliphatic carbocycles. The molecular weight excluding hydrogens is 789 g/mol. The first-order valence-corrected chi connectivity index (χ1v) is 24.7. The van der Waals surface area contributed by atoms with Crippen molar-refractivity contribution in [3.8, 4) is 51.4 Å². The van der Waals surface area contributed by atoms with Crippen LogP contribution >= 0.6 is 0 Å². The number of fused-ring (bicyclic) bond motifs is 3. The lowest BCUT2D eigenvalue weighted by Gasteiger charge is -2.57. The van der Waals surface area contributed by atoms with Crippen LogP contribution in [0.5, 0.6) is 0 Å². The predicted molar refractivity (Wildman–Crippen MR) is 258 cm³/mol. The van der Waals surface area contributed by atoms with Crippen molar-refractivity contribution >= 4 is 0 Å². The number of nitriles is 1. The van der Waals surface area contributed by atoms with E-state index in [1.165, 1.54) is 110 Å². The van der Waals surface area contributed by atoms with Crippen LogP contribution in [0.25, 0.3) is 45.3 Å². The molecule has 0 saturated heterocycles. The van der Waals surface area contributed by atoms with Gasteiger partial charge in [-0.1, -0.05) is 127 Å². The smallest absolute Gasteiger partial charge is 0.164 e. The average molecular weight is 843 g/mol. The van der Waals surface area contributed by atoms with Crippen molar-refractivity contribution in [3.63, 3.8) is 0 Å². The Morgan fingerprint density at radius 2 is 0.800 bits per heavy atom. The molecule has 0 aliphatic heterocycles. The molecule has 4 nitrogen and oxygen atoms in total. The van der Waals surface area contributed by atoms with E-state index in [2.05, 4.69) is 146 Å². The molecule has 1 heterocycles. The maximum absolute atomic E-state index is 10.1. The fourth-order valence-electron chi connectivity index (χ4n) is 16.3. The fraction of sp³-hybridized carbons (Fsp3) is 0.344. The van der Waals surface area contributed by atoms with Gasteiger partial charge in [-0.2, -0.15) is 5.26 Å². The lowest BCUT2D eigenvalue weighted by atomic mass is 9.48. The summed E-state index contributed by atoms with van der Waals surface area (Å²) in [5, 5.41) is 10.1. The van der Waals surface area contributed by atoms with Gasteiger partial charge in [0.25, 0.3) is 0 Å². The van der Waals surface area contributed by atoms with Gasteiger partial charge in [0, 0.05) is 16.7 Å². The van der Waals surface area contributed by atoms with Gasteiger partial charge >= 0.3 is 0 Å². The zero-order valence-corrected chi connectivity index (χ0v) is 37.1. The van der Waals surface area contributed by atoms with Crippen LogP contribution in [0.2, 0.25) is 0 Å². The third-order valence-corrected chi connectivity index (χ3v) is 18.2. The van der Waals surface area contributed by atoms with Crippen LogP contribution in [0.4, 0.5) is 0 Å². The molecule has 1 aromatic heterocycles. The Morgan fingerprint density at radius 1 is 0.385 bits per heavy atom. The highest BCUT2D eigenvalue weighted by molar-refractivity contribution is 5.88. The van der Waals surface area contributed by atoms with Gasteiger partial charge in [0.1, 0.15) is 0 Å². The summed E-state index contributed by atoms with van der Waals surface area (Å²) in [6.45, 7) is 0. The summed E-state index contributed by atoms with van der Waals surface area (Å²) in [4.78, 5) is 16.1. The van der Waals surface area contributed by atoms with Crippen LogP contribution in [-0.4, -0.2) is 15.0 Å². The number of hydrogen-bond donors (Lipinski definition) is 0. The molecule has 0 spiro atoms. The number of nitrogens with zero attached hydrogens (tertiary/aromatic N) is 4. The molecule has 8 bridgehead atoms. The Bertz CT molecular complexity index is 2840. The highest BCUT2D eigenvalue weighted by Gasteiger charge is 2.53. The van der Waals surface area contributed by atoms with E-state index in [0.717, 1.165) is 63.3 Å². The zero-order valence-electron chi connectivity index (χ0n) is 37.1. The van der Waals surface area contributed by atoms with E-state index < -0.39 is 5.41 Å². The first kappa shape index (κ1) is 38.1. The van der Waals surface area contributed by atoms with E-state index in [1.807, 2.05) is 6.07 Å². The van der Waals surface area contributed by atoms with Gasteiger partial charge < -0.3 is 0 Å². The second kappa shape index (κ2) is 14.2. The molecule has 0 radical (unpaired) electrons. The first-order valence-electron chi connectivity index (χ1n) is 24.7. The minimum Gasteiger partial charge on any atom is -0.208 e. The second-order valence-electron chi connectivity index (χ2n) is 22.0. The maximum atomic E-state index is 10.1. The highest BCUT2D eigenvalue weighted by Crippen LogP contribution is 2.62. The third kappa shape index (κ3) is 5.83. The molecule has 8 saturated carbocycles. The summed E-state index contributed by atoms with van der Waals surface area (Å²) >= 11 is 0. The van der Waals surface area contributed by atoms with Crippen molar-refractivity contribution < 1.29 is 0 Å². The van der Waals surface area contributed by atoms with Gasteiger partial charge in [0.15, 0.2) is 17.5 Å². The first-order chi connectivity index (χ1) is 31.9. The fourth-order valence-corrected chi connectivity index (χ4v) is 16.3. The van der Waals surface area contributed by atoms with Crippen molar-refractivity contribution in [2.45, 2.75) is 93.3 Å². The standard InChI is InChI=1S/C61H54N4/c62-37-38-11-22-54-53(29-38)52-21-16-47(30-55(52)61(54,50-7-3-1-4-8-50)51-9-5-2-6-10-51)58-64-56(45-12-17-48(18-13-45)59-31-39-23-40(32-59)25-41(24-39)33-59)63-57(65-58)46-14-19-49(20-15-46)60-34-42-26-43(35-60)28-44(27-42)36-60/h1-22,29-30,39-44H,23-28,31-36H2. The minimum absolute atomic E-state index is 0.334. The number of hydrogen-bond acceptors (Lipinski definition) is 4. The molecular formula is C61H54N4. The predicted octanol–water partition coefficient (Wildman–Crippen LogP) is 14.0. The van der Waals surface area contributed by atoms with E-state index in [4.69, 9.17) is 15.0 Å². The number of benzene rings is 6. The largest absolute Gasteiger partial charge is 0.208 e. The van der Waals surface area contributed by atoms with E-state index in [-0.39, 0.29) is 0 Å². The molecule has 4 heteroatoms. The summed E-state index contributed by atoms with van der Waals surface area (Å²) in [6, 6.07) is 56.0. The van der Waals surface area contributed by atoms with E-state index in [0.29, 0.717) is 33.9 Å². The normalized spacial score (nSPS) is 29.3. The van der Waals surface area contributed by atoms with Gasteiger partial charge in [-0.05, 0) is 186 Å². The van der Waals surface area contributed by atoms with Crippen LogP contribution in [0, 0.1) is 46.8 Å². The van der Waals surface area contributed by atoms with Crippen LogP contribution in [-0.2, 0) is 16.2 Å². The van der Waals surface area contributed by atoms with Crippen LogP contribution in [0.15, 0.2) is 146 Å². The van der Waals surface area contributed by atoms with Crippen molar-refractivity contribution in [2.24, 2.45) is 35.5 Å². The Hall–Kier alpha value is -6.18. The number of aromatic nitrogens is 3. The zero-order chi connectivity index (χ0) is 42.9. The highest BCUT2D eigenvalue weighted by atomic mass is 15.0. The van der Waals surface area contributed by atoms with Crippen molar-refractivity contribution in [3.05, 3.63) is 185 Å². The Morgan fingerprint density at radius 3 is 1.23 bits per heavy atom. The second-order valence-corrected chi connectivity index (χ2v) is 22.0. The van der Waals surface area contributed by atoms with Crippen LogP contribution in [0.1, 0.15) is 116 Å². The molecule has 6 aromatic carbocycles. The number of rotatable bonds is 7. The van der Waals surface area contributed by atoms with Gasteiger partial charge in [0.05, 0.1) is 17.0 Å². The molecule has 9 aliphatic rings. The summed E-state index contributed by atoms with van der Waals surface area (Å²) in [7, 11) is 0. The van der Waals surface area contributed by atoms with E-state index >= 15 is 0 Å². The lowest BCUT2D eigenvalue weighted by Crippen LogP contribution is -2.48. The third-order valence-electron chi connectivity index (χ3n) is 18.2. The molecule has 0 amide bonds. The Labute approximate surface area is 383 Å². The van der Waals surface area contributed by atoms with Crippen molar-refractivity contribution in [1.82, 2.24) is 15.0 Å². The molecule has 0 atom stereocenters. The minimum atomic E-state index is -0.615. The van der Waals surface area contributed by atoms with Crippen LogP contribution < -0.4 is 0 Å². The van der Waals surface area contributed by atoms with Crippen molar-refractivity contribution in [1.29, 1.82) is 5.26 Å². The molecule has 8 fully saturated rings. The summed E-state index contributed by atoms with van der Waals surface area (Å²) < 4.78 is 0. The lowest BCUT2D eigenvalue weighted by molar-refractivity contribution is -0.00530. The van der Waals surface area contributed by atoms with Gasteiger partial charge in [-0.3, -0.25) is 0 Å². The summed E-state index contributed by atoms with van der Waals surface area (Å²) in [5.41, 5.74) is 13.7. The molecule has 16 rings (SSSR count). The topological polar surface area (TPSA) is 62.5 Å². The van der Waals surface area contributed by atoms with Gasteiger partial charge in [-0.15, -0.1) is 0 Å². The van der Waals surface area contributed by atoms with Gasteiger partial charge in [-0.25, -0.2) is 15.0 Å². The van der Waals surface area contributed by atoms with Gasteiger partial charge in [0.2, 0.25) is 0 Å². The maximum Gasteiger partial charge on any atom is 0.164 e. The molecule has 65 heavy (non-hydrogen) atoms. The quantitative estimate of drug-likeness (QED) is 0.160. The Kier molecular flexibility index (Phi) is 8.30. The monoisotopic (exact) mass is 842 g/mol. The van der Waals surface area contributed by atoms with E-state index in [9.17, 15) is 5.26 Å². The Balaban J connectivity index is 0.917.